The zero-order valence-corrected chi connectivity index (χ0v) is 18.4. The number of hydrogen-bond donors (Lipinski definition) is 2. The minimum absolute atomic E-state index is 0.0928. The maximum Gasteiger partial charge on any atom is 0.264 e. The highest BCUT2D eigenvalue weighted by Crippen LogP contribution is 2.57. The second-order valence-electron chi connectivity index (χ2n) is 8.28. The first-order valence-corrected chi connectivity index (χ1v) is 12.5. The molecule has 0 unspecified atom stereocenters. The van der Waals surface area contributed by atoms with Crippen molar-refractivity contribution in [3.8, 4) is 0 Å². The Morgan fingerprint density at radius 2 is 2.00 bits per heavy atom. The molecule has 4 rings (SSSR count). The van der Waals surface area contributed by atoms with E-state index in [2.05, 4.69) is 18.2 Å². The van der Waals surface area contributed by atoms with Crippen LogP contribution in [0.15, 0.2) is 36.4 Å². The monoisotopic (exact) mass is 448 g/mol. The molecule has 2 aromatic rings. The van der Waals surface area contributed by atoms with Gasteiger partial charge in [-0.3, -0.25) is 14.8 Å². The van der Waals surface area contributed by atoms with Crippen molar-refractivity contribution < 1.29 is 23.2 Å². The van der Waals surface area contributed by atoms with Crippen molar-refractivity contribution in [1.29, 1.82) is 0 Å². The number of hydroxylamine groups is 1. The summed E-state index contributed by atoms with van der Waals surface area (Å²) < 4.78 is 22.4. The Morgan fingerprint density at radius 3 is 2.60 bits per heavy atom. The summed E-state index contributed by atoms with van der Waals surface area (Å²) in [6.45, 7) is 1.79. The molecule has 0 spiro atoms. The number of thiophene rings is 1. The van der Waals surface area contributed by atoms with E-state index in [-0.39, 0.29) is 18.9 Å². The van der Waals surface area contributed by atoms with E-state index < -0.39 is 20.5 Å². The van der Waals surface area contributed by atoms with Crippen LogP contribution in [0.2, 0.25) is 0 Å². The van der Waals surface area contributed by atoms with Crippen molar-refractivity contribution in [3.63, 3.8) is 0 Å². The van der Waals surface area contributed by atoms with Gasteiger partial charge in [-0.1, -0.05) is 30.3 Å². The SMILES string of the molecule is C[C@@](CCN1Cc2cc([C@@H]3C[C@H]3c3ccccc3)sc2C1=O)(C(=O)NO)S(C)(=O)=O. The number of nitrogens with one attached hydrogen (secondary N) is 1. The van der Waals surface area contributed by atoms with Crippen LogP contribution in [0.1, 0.15) is 57.3 Å². The molecule has 3 atom stereocenters. The van der Waals surface area contributed by atoms with Crippen molar-refractivity contribution in [1.82, 2.24) is 10.4 Å². The summed E-state index contributed by atoms with van der Waals surface area (Å²) in [6, 6.07) is 12.5. The van der Waals surface area contributed by atoms with Gasteiger partial charge in [0.1, 0.15) is 0 Å². The molecule has 1 saturated carbocycles. The Kier molecular flexibility index (Phi) is 5.24. The molecular formula is C21H24N2O5S2. The van der Waals surface area contributed by atoms with Crippen LogP contribution >= 0.6 is 11.3 Å². The van der Waals surface area contributed by atoms with E-state index in [1.807, 2.05) is 18.2 Å². The standard InChI is InChI=1S/C21H24N2O5S2/c1-21(20(25)22-26,30(2,27)28)8-9-23-12-14-10-17(29-18(14)19(23)24)16-11-15(16)13-6-4-3-5-7-13/h3-7,10,15-16,26H,8-9,11-12H2,1-2H3,(H,22,25)/t15-,16+,21+/m0/s1. The minimum atomic E-state index is -3.79. The molecule has 1 aliphatic heterocycles. The molecule has 2 amide bonds. The number of carbonyl (C=O) groups excluding carboxylic acids is 2. The predicted molar refractivity (Wildman–Crippen MR) is 113 cm³/mol. The van der Waals surface area contributed by atoms with Gasteiger partial charge in [-0.2, -0.15) is 0 Å². The number of rotatable bonds is 7. The van der Waals surface area contributed by atoms with Crippen molar-refractivity contribution in [2.75, 3.05) is 12.8 Å². The average molecular weight is 449 g/mol. The number of sulfone groups is 1. The quantitative estimate of drug-likeness (QED) is 0.501. The maximum atomic E-state index is 12.8. The van der Waals surface area contributed by atoms with Gasteiger partial charge in [-0.15, -0.1) is 11.3 Å². The molecule has 2 heterocycles. The summed E-state index contributed by atoms with van der Waals surface area (Å²) in [6.07, 6.45) is 1.95. The Bertz CT molecular complexity index is 1100. The van der Waals surface area contributed by atoms with Crippen LogP contribution in [0, 0.1) is 0 Å². The van der Waals surface area contributed by atoms with Crippen LogP contribution in [0.3, 0.4) is 0 Å². The Labute approximate surface area is 179 Å². The van der Waals surface area contributed by atoms with E-state index >= 15 is 0 Å². The molecular weight excluding hydrogens is 424 g/mol. The third kappa shape index (κ3) is 3.55. The second kappa shape index (κ2) is 7.47. The lowest BCUT2D eigenvalue weighted by atomic mass is 10.1. The highest BCUT2D eigenvalue weighted by Gasteiger charge is 2.45. The largest absolute Gasteiger partial charge is 0.333 e. The van der Waals surface area contributed by atoms with Crippen LogP contribution in [0.4, 0.5) is 0 Å². The zero-order chi connectivity index (χ0) is 21.7. The lowest BCUT2D eigenvalue weighted by Gasteiger charge is -2.27. The highest BCUT2D eigenvalue weighted by molar-refractivity contribution is 7.92. The van der Waals surface area contributed by atoms with Gasteiger partial charge in [0, 0.05) is 30.1 Å². The van der Waals surface area contributed by atoms with E-state index in [0.29, 0.717) is 23.3 Å². The Balaban J connectivity index is 1.43. The van der Waals surface area contributed by atoms with Gasteiger partial charge >= 0.3 is 0 Å². The molecule has 30 heavy (non-hydrogen) atoms. The van der Waals surface area contributed by atoms with Gasteiger partial charge < -0.3 is 4.90 Å². The summed E-state index contributed by atoms with van der Waals surface area (Å²) in [7, 11) is -3.79. The normalized spacial score (nSPS) is 22.5. The van der Waals surface area contributed by atoms with Gasteiger partial charge in [0.05, 0.1) is 4.88 Å². The zero-order valence-electron chi connectivity index (χ0n) is 16.8. The summed E-state index contributed by atoms with van der Waals surface area (Å²) in [5.74, 6) is -0.164. The highest BCUT2D eigenvalue weighted by atomic mass is 32.2. The molecule has 0 bridgehead atoms. The van der Waals surface area contributed by atoms with Crippen LogP contribution in [0.5, 0.6) is 0 Å². The van der Waals surface area contributed by atoms with Gasteiger partial charge in [-0.05, 0) is 42.9 Å². The lowest BCUT2D eigenvalue weighted by molar-refractivity contribution is -0.131. The van der Waals surface area contributed by atoms with E-state index in [0.717, 1.165) is 18.2 Å². The predicted octanol–water partition coefficient (Wildman–Crippen LogP) is 2.67. The number of hydrogen-bond acceptors (Lipinski definition) is 6. The van der Waals surface area contributed by atoms with Crippen molar-refractivity contribution in [2.24, 2.45) is 0 Å². The maximum absolute atomic E-state index is 12.8. The fraction of sp³-hybridized carbons (Fsp3) is 0.429. The summed E-state index contributed by atoms with van der Waals surface area (Å²) in [5.41, 5.74) is 3.73. The fourth-order valence-electron chi connectivity index (χ4n) is 4.04. The molecule has 7 nitrogen and oxygen atoms in total. The van der Waals surface area contributed by atoms with Crippen LogP contribution in [-0.4, -0.2) is 47.9 Å². The van der Waals surface area contributed by atoms with Crippen molar-refractivity contribution >= 4 is 33.0 Å². The van der Waals surface area contributed by atoms with E-state index in [1.165, 1.54) is 34.2 Å². The number of nitrogens with zero attached hydrogens (tertiary/aromatic N) is 1. The lowest BCUT2D eigenvalue weighted by Crippen LogP contribution is -2.50. The van der Waals surface area contributed by atoms with Crippen LogP contribution < -0.4 is 5.48 Å². The molecule has 9 heteroatoms. The van der Waals surface area contributed by atoms with Gasteiger partial charge in [0.15, 0.2) is 14.6 Å². The molecule has 0 radical (unpaired) electrons. The smallest absolute Gasteiger partial charge is 0.264 e. The molecule has 1 aliphatic carbocycles. The molecule has 2 N–H and O–H groups in total. The first kappa shape index (κ1) is 21.0. The number of fused-ring (bicyclic) bond motifs is 1. The van der Waals surface area contributed by atoms with E-state index in [4.69, 9.17) is 5.21 Å². The first-order valence-electron chi connectivity index (χ1n) is 9.76. The van der Waals surface area contributed by atoms with Crippen molar-refractivity contribution in [3.05, 3.63) is 57.3 Å². The van der Waals surface area contributed by atoms with Crippen molar-refractivity contribution in [2.45, 2.75) is 42.9 Å². The summed E-state index contributed by atoms with van der Waals surface area (Å²) in [5, 5.41) is 8.94. The average Bonchev–Trinajstić information content (AvgIpc) is 3.33. The Morgan fingerprint density at radius 1 is 1.30 bits per heavy atom. The second-order valence-corrected chi connectivity index (χ2v) is 11.8. The molecule has 1 fully saturated rings. The summed E-state index contributed by atoms with van der Waals surface area (Å²) in [4.78, 5) is 28.3. The molecule has 2 aliphatic rings. The van der Waals surface area contributed by atoms with Crippen LogP contribution in [0.25, 0.3) is 0 Å². The number of carbonyl (C=O) groups is 2. The van der Waals surface area contributed by atoms with E-state index in [1.54, 1.807) is 4.90 Å². The van der Waals surface area contributed by atoms with Gasteiger partial charge in [0.25, 0.3) is 11.8 Å². The first-order chi connectivity index (χ1) is 14.2. The third-order valence-corrected chi connectivity index (χ3v) is 9.64. The molecule has 0 saturated heterocycles. The summed E-state index contributed by atoms with van der Waals surface area (Å²) >= 11 is 1.52. The van der Waals surface area contributed by atoms with Crippen LogP contribution in [-0.2, 0) is 21.2 Å². The molecule has 1 aromatic heterocycles. The van der Waals surface area contributed by atoms with E-state index in [9.17, 15) is 18.0 Å². The Hall–Kier alpha value is -2.23. The third-order valence-electron chi connectivity index (χ3n) is 6.31. The number of benzene rings is 1. The van der Waals surface area contributed by atoms with Gasteiger partial charge in [0.2, 0.25) is 0 Å². The number of amides is 2. The topological polar surface area (TPSA) is 104 Å². The minimum Gasteiger partial charge on any atom is -0.333 e. The molecule has 1 aromatic carbocycles. The molecule has 160 valence electrons. The fourth-order valence-corrected chi connectivity index (χ4v) is 6.21. The van der Waals surface area contributed by atoms with Gasteiger partial charge in [-0.25, -0.2) is 13.9 Å².